The van der Waals surface area contributed by atoms with Gasteiger partial charge in [-0.2, -0.15) is 0 Å². The molecule has 0 saturated carbocycles. The number of benzene rings is 1. The van der Waals surface area contributed by atoms with Gasteiger partial charge in [-0.3, -0.25) is 4.79 Å². The monoisotopic (exact) mass is 268 g/mol. The zero-order chi connectivity index (χ0) is 14.4. The first-order valence-electron chi connectivity index (χ1n) is 6.30. The second kappa shape index (κ2) is 7.09. The van der Waals surface area contributed by atoms with Gasteiger partial charge in [-0.05, 0) is 19.1 Å². The van der Waals surface area contributed by atoms with Gasteiger partial charge in [0, 0.05) is 19.2 Å². The molecule has 1 aromatic rings. The van der Waals surface area contributed by atoms with E-state index in [1.807, 2.05) is 0 Å². The molecule has 4 nitrogen and oxygen atoms in total. The summed E-state index contributed by atoms with van der Waals surface area (Å²) in [6.07, 6.45) is 0. The topological polar surface area (TPSA) is 55.6 Å². The molecule has 0 spiro atoms. The van der Waals surface area contributed by atoms with Crippen LogP contribution in [0.5, 0.6) is 5.75 Å². The van der Waals surface area contributed by atoms with E-state index in [4.69, 9.17) is 10.5 Å². The van der Waals surface area contributed by atoms with Crippen LogP contribution in [-0.4, -0.2) is 37.0 Å². The maximum absolute atomic E-state index is 12.9. The molecular formula is C14H21FN2O2. The van der Waals surface area contributed by atoms with E-state index < -0.39 is 0 Å². The van der Waals surface area contributed by atoms with E-state index >= 15 is 0 Å². The highest BCUT2D eigenvalue weighted by atomic mass is 19.1. The molecule has 2 unspecified atom stereocenters. The van der Waals surface area contributed by atoms with Crippen molar-refractivity contribution < 1.29 is 13.9 Å². The third-order valence-electron chi connectivity index (χ3n) is 3.05. The highest BCUT2D eigenvalue weighted by molar-refractivity contribution is 5.78. The number of rotatable bonds is 6. The van der Waals surface area contributed by atoms with E-state index in [1.54, 1.807) is 37.9 Å². The molecule has 2 atom stereocenters. The Bertz CT molecular complexity index is 424. The summed E-state index contributed by atoms with van der Waals surface area (Å²) in [5.41, 5.74) is 5.69. The van der Waals surface area contributed by atoms with E-state index in [-0.39, 0.29) is 23.7 Å². The number of hydrogen-bond acceptors (Lipinski definition) is 3. The number of halogens is 1. The molecule has 0 heterocycles. The molecule has 0 fully saturated rings. The third kappa shape index (κ3) is 4.87. The average Bonchev–Trinajstić information content (AvgIpc) is 2.36. The largest absolute Gasteiger partial charge is 0.492 e. The smallest absolute Gasteiger partial charge is 0.226 e. The maximum atomic E-state index is 12.9. The van der Waals surface area contributed by atoms with Crippen molar-refractivity contribution >= 4 is 5.91 Å². The summed E-state index contributed by atoms with van der Waals surface area (Å²) in [6, 6.07) is 5.74. The van der Waals surface area contributed by atoms with Crippen LogP contribution in [0.15, 0.2) is 24.3 Å². The molecule has 2 N–H and O–H groups in total. The molecule has 5 heteroatoms. The van der Waals surface area contributed by atoms with Gasteiger partial charge in [0.25, 0.3) is 0 Å². The first-order valence-corrected chi connectivity index (χ1v) is 6.30. The van der Waals surface area contributed by atoms with Crippen LogP contribution in [0, 0.1) is 11.7 Å². The van der Waals surface area contributed by atoms with Crippen molar-refractivity contribution in [3.63, 3.8) is 0 Å². The fourth-order valence-electron chi connectivity index (χ4n) is 1.54. The number of hydrogen-bond donors (Lipinski definition) is 1. The van der Waals surface area contributed by atoms with Gasteiger partial charge in [-0.15, -0.1) is 0 Å². The molecule has 0 aliphatic carbocycles. The Morgan fingerprint density at radius 3 is 2.74 bits per heavy atom. The Balaban J connectivity index is 2.38. The fourth-order valence-corrected chi connectivity index (χ4v) is 1.54. The number of carbonyl (C=O) groups excluding carboxylic acids is 1. The third-order valence-corrected chi connectivity index (χ3v) is 3.05. The quantitative estimate of drug-likeness (QED) is 0.853. The van der Waals surface area contributed by atoms with E-state index in [1.165, 1.54) is 12.1 Å². The van der Waals surface area contributed by atoms with E-state index in [9.17, 15) is 9.18 Å². The lowest BCUT2D eigenvalue weighted by molar-refractivity contribution is -0.134. The van der Waals surface area contributed by atoms with Crippen molar-refractivity contribution in [3.05, 3.63) is 30.1 Å². The molecule has 0 saturated heterocycles. The van der Waals surface area contributed by atoms with Crippen molar-refractivity contribution in [2.45, 2.75) is 19.9 Å². The van der Waals surface area contributed by atoms with E-state index in [0.29, 0.717) is 18.9 Å². The summed E-state index contributed by atoms with van der Waals surface area (Å²) in [5, 5.41) is 0. The van der Waals surface area contributed by atoms with Gasteiger partial charge in [0.05, 0.1) is 12.5 Å². The summed E-state index contributed by atoms with van der Waals surface area (Å²) in [7, 11) is 1.70. The fraction of sp³-hybridized carbons (Fsp3) is 0.500. The standard InChI is InChI=1S/C14H21FN2O2/c1-10(11(2)16)14(18)17(3)7-8-19-13-6-4-5-12(15)9-13/h4-6,9-11H,7-8,16H2,1-3H3. The van der Waals surface area contributed by atoms with Crippen molar-refractivity contribution in [1.82, 2.24) is 4.90 Å². The molecule has 19 heavy (non-hydrogen) atoms. The van der Waals surface area contributed by atoms with Gasteiger partial charge in [-0.1, -0.05) is 13.0 Å². The Kier molecular flexibility index (Phi) is 5.76. The molecular weight excluding hydrogens is 247 g/mol. The zero-order valence-electron chi connectivity index (χ0n) is 11.6. The first-order chi connectivity index (χ1) is 8.91. The number of amides is 1. The van der Waals surface area contributed by atoms with Crippen LogP contribution >= 0.6 is 0 Å². The van der Waals surface area contributed by atoms with Crippen LogP contribution in [0.1, 0.15) is 13.8 Å². The molecule has 0 bridgehead atoms. The molecule has 1 rings (SSSR count). The zero-order valence-corrected chi connectivity index (χ0v) is 11.6. The van der Waals surface area contributed by atoms with Gasteiger partial charge in [-0.25, -0.2) is 4.39 Å². The lowest BCUT2D eigenvalue weighted by Gasteiger charge is -2.23. The number of ether oxygens (including phenoxy) is 1. The summed E-state index contributed by atoms with van der Waals surface area (Å²) < 4.78 is 18.3. The highest BCUT2D eigenvalue weighted by Crippen LogP contribution is 2.12. The minimum Gasteiger partial charge on any atom is -0.492 e. The molecule has 0 radical (unpaired) electrons. The summed E-state index contributed by atoms with van der Waals surface area (Å²) >= 11 is 0. The Labute approximate surface area is 113 Å². The molecule has 0 aliphatic rings. The Morgan fingerprint density at radius 1 is 1.47 bits per heavy atom. The number of nitrogens with zero attached hydrogens (tertiary/aromatic N) is 1. The Morgan fingerprint density at radius 2 is 2.16 bits per heavy atom. The second-order valence-corrected chi connectivity index (χ2v) is 4.71. The highest BCUT2D eigenvalue weighted by Gasteiger charge is 2.20. The van der Waals surface area contributed by atoms with Crippen LogP contribution in [0.4, 0.5) is 4.39 Å². The molecule has 1 amide bonds. The SMILES string of the molecule is CC(N)C(C)C(=O)N(C)CCOc1cccc(F)c1. The van der Waals surface area contributed by atoms with Gasteiger partial charge >= 0.3 is 0 Å². The number of likely N-dealkylation sites (N-methyl/N-ethyl adjacent to an activating group) is 1. The van der Waals surface area contributed by atoms with Crippen molar-refractivity contribution in [2.75, 3.05) is 20.2 Å². The van der Waals surface area contributed by atoms with Crippen molar-refractivity contribution in [2.24, 2.45) is 11.7 Å². The number of nitrogens with two attached hydrogens (primary N) is 1. The minimum atomic E-state index is -0.340. The molecule has 1 aromatic carbocycles. The lowest BCUT2D eigenvalue weighted by atomic mass is 10.0. The van der Waals surface area contributed by atoms with Crippen LogP contribution < -0.4 is 10.5 Å². The van der Waals surface area contributed by atoms with Gasteiger partial charge < -0.3 is 15.4 Å². The van der Waals surface area contributed by atoms with Crippen molar-refractivity contribution in [1.29, 1.82) is 0 Å². The predicted molar refractivity (Wildman–Crippen MR) is 72.3 cm³/mol. The number of carbonyl (C=O) groups is 1. The minimum absolute atomic E-state index is 0.0159. The van der Waals surface area contributed by atoms with Crippen molar-refractivity contribution in [3.8, 4) is 5.75 Å². The van der Waals surface area contributed by atoms with E-state index in [2.05, 4.69) is 0 Å². The molecule has 106 valence electrons. The van der Waals surface area contributed by atoms with Gasteiger partial charge in [0.2, 0.25) is 5.91 Å². The van der Waals surface area contributed by atoms with Crippen LogP contribution in [0.25, 0.3) is 0 Å². The molecule has 0 aromatic heterocycles. The summed E-state index contributed by atoms with van der Waals surface area (Å²) in [5.74, 6) is -0.120. The van der Waals surface area contributed by atoms with E-state index in [0.717, 1.165) is 0 Å². The van der Waals surface area contributed by atoms with Crippen LogP contribution in [0.3, 0.4) is 0 Å². The normalized spacial score (nSPS) is 13.7. The molecule has 0 aliphatic heterocycles. The first kappa shape index (κ1) is 15.4. The lowest BCUT2D eigenvalue weighted by Crippen LogP contribution is -2.41. The maximum Gasteiger partial charge on any atom is 0.226 e. The average molecular weight is 268 g/mol. The summed E-state index contributed by atoms with van der Waals surface area (Å²) in [6.45, 7) is 4.36. The second-order valence-electron chi connectivity index (χ2n) is 4.71. The predicted octanol–water partition coefficient (Wildman–Crippen LogP) is 1.65. The summed E-state index contributed by atoms with van der Waals surface area (Å²) in [4.78, 5) is 13.5. The Hall–Kier alpha value is -1.62. The van der Waals surface area contributed by atoms with Gasteiger partial charge in [0.1, 0.15) is 18.2 Å². The van der Waals surface area contributed by atoms with Gasteiger partial charge in [0.15, 0.2) is 0 Å². The van der Waals surface area contributed by atoms with Crippen LogP contribution in [0.2, 0.25) is 0 Å². The van der Waals surface area contributed by atoms with Crippen LogP contribution in [-0.2, 0) is 4.79 Å².